The molecule has 0 unspecified atom stereocenters. The third-order valence-electron chi connectivity index (χ3n) is 13.7. The first-order valence-electron chi connectivity index (χ1n) is 21.1. The average Bonchev–Trinajstić information content (AvgIpc) is 3.47. The molecule has 3 heterocycles. The molecule has 56 heavy (non-hydrogen) atoms. The Balaban J connectivity index is 1.40. The van der Waals surface area contributed by atoms with Crippen LogP contribution in [-0.2, 0) is 0 Å². The van der Waals surface area contributed by atoms with Crippen LogP contribution in [0.5, 0.6) is 0 Å². The van der Waals surface area contributed by atoms with Crippen molar-refractivity contribution < 1.29 is 19.2 Å². The molecule has 6 nitrogen and oxygen atoms in total. The predicted molar refractivity (Wildman–Crippen MR) is 233 cm³/mol. The van der Waals surface area contributed by atoms with Crippen LogP contribution in [0.25, 0.3) is 43.1 Å². The number of amides is 4. The van der Waals surface area contributed by atoms with Gasteiger partial charge in [0.25, 0.3) is 0 Å². The van der Waals surface area contributed by atoms with Gasteiger partial charge in [0.1, 0.15) is 0 Å². The summed E-state index contributed by atoms with van der Waals surface area (Å²) in [5.41, 5.74) is 5.28. The molecular formula is C49H52N2O4Sn. The molecule has 6 aromatic rings. The SMILES string of the molecule is CCC[CH2][Sn]1([CH2]CCC)[c]2cc3c4c(ccc5c6ccc7c8c(c[c]1c(c2c45)c86)C(=O)N(C(CC)CC)C7=O)C(=O)N(c1cc(C(C)C)cc(C(C)C)c1)C3=O. The summed E-state index contributed by atoms with van der Waals surface area (Å²) >= 11 is -3.74. The maximum atomic E-state index is 15.2. The van der Waals surface area contributed by atoms with Crippen molar-refractivity contribution in [2.45, 2.75) is 121 Å². The Morgan fingerprint density at radius 2 is 0.964 bits per heavy atom. The van der Waals surface area contributed by atoms with Gasteiger partial charge in [-0.25, -0.2) is 0 Å². The van der Waals surface area contributed by atoms with E-state index in [2.05, 4.69) is 85.7 Å². The Labute approximate surface area is 333 Å². The van der Waals surface area contributed by atoms with E-state index in [0.717, 1.165) is 78.0 Å². The molecule has 9 rings (SSSR count). The zero-order valence-electron chi connectivity index (χ0n) is 34.1. The van der Waals surface area contributed by atoms with Crippen LogP contribution in [0.3, 0.4) is 0 Å². The van der Waals surface area contributed by atoms with E-state index in [1.54, 1.807) is 4.90 Å². The first kappa shape index (κ1) is 37.3. The summed E-state index contributed by atoms with van der Waals surface area (Å²) in [6, 6.07) is 18.5. The Morgan fingerprint density at radius 3 is 1.43 bits per heavy atom. The van der Waals surface area contributed by atoms with Gasteiger partial charge in [0.05, 0.1) is 0 Å². The van der Waals surface area contributed by atoms with E-state index in [4.69, 9.17) is 0 Å². The number of fused-ring (bicyclic) bond motifs is 1. The number of imide groups is 2. The van der Waals surface area contributed by atoms with E-state index < -0.39 is 18.4 Å². The van der Waals surface area contributed by atoms with Gasteiger partial charge in [-0.2, -0.15) is 0 Å². The minimum atomic E-state index is -3.74. The number of nitrogens with zero attached hydrogens (tertiary/aromatic N) is 2. The molecule has 0 bridgehead atoms. The molecule has 0 saturated carbocycles. The summed E-state index contributed by atoms with van der Waals surface area (Å²) in [4.78, 5) is 62.2. The molecule has 0 spiro atoms. The average molecular weight is 852 g/mol. The first-order chi connectivity index (χ1) is 26.9. The fraction of sp³-hybridized carbons (Fsp3) is 0.388. The zero-order valence-corrected chi connectivity index (χ0v) is 37.0. The molecule has 0 N–H and O–H groups in total. The normalized spacial score (nSPS) is 16.1. The Hall–Kier alpha value is -4.30. The monoisotopic (exact) mass is 852 g/mol. The third kappa shape index (κ3) is 4.86. The molecule has 6 aromatic carbocycles. The van der Waals surface area contributed by atoms with Gasteiger partial charge in [-0.3, -0.25) is 0 Å². The van der Waals surface area contributed by atoms with Crippen LogP contribution in [0.15, 0.2) is 54.6 Å². The molecule has 3 aliphatic rings. The fourth-order valence-corrected chi connectivity index (χ4v) is 27.3. The van der Waals surface area contributed by atoms with Crippen molar-refractivity contribution in [2.75, 3.05) is 4.90 Å². The quantitative estimate of drug-likeness (QED) is 0.0532. The van der Waals surface area contributed by atoms with Crippen LogP contribution < -0.4 is 12.1 Å². The van der Waals surface area contributed by atoms with Gasteiger partial charge >= 0.3 is 336 Å². The Morgan fingerprint density at radius 1 is 0.518 bits per heavy atom. The van der Waals surface area contributed by atoms with Crippen LogP contribution in [-0.4, -0.2) is 52.9 Å². The van der Waals surface area contributed by atoms with Gasteiger partial charge in [0, 0.05) is 0 Å². The van der Waals surface area contributed by atoms with Crippen molar-refractivity contribution in [3.63, 3.8) is 0 Å². The number of hydrogen-bond donors (Lipinski definition) is 0. The van der Waals surface area contributed by atoms with Gasteiger partial charge in [0.2, 0.25) is 0 Å². The zero-order chi connectivity index (χ0) is 39.5. The van der Waals surface area contributed by atoms with E-state index >= 15 is 4.79 Å². The van der Waals surface area contributed by atoms with Crippen LogP contribution in [0, 0.1) is 0 Å². The molecule has 4 amide bonds. The second-order valence-electron chi connectivity index (χ2n) is 17.4. The molecule has 0 atom stereocenters. The number of hydrogen-bond acceptors (Lipinski definition) is 4. The second kappa shape index (κ2) is 13.4. The number of carbonyl (C=O) groups is 4. The second-order valence-corrected chi connectivity index (χ2v) is 29.5. The molecule has 0 radical (unpaired) electrons. The maximum absolute atomic E-state index is 15.2. The molecule has 0 aliphatic carbocycles. The topological polar surface area (TPSA) is 74.8 Å². The van der Waals surface area contributed by atoms with E-state index in [9.17, 15) is 14.4 Å². The van der Waals surface area contributed by atoms with Crippen molar-refractivity contribution >= 4 is 97.9 Å². The third-order valence-corrected chi connectivity index (χ3v) is 28.7. The Bertz CT molecular complexity index is 2670. The number of carbonyl (C=O) groups excluding carboxylic acids is 4. The van der Waals surface area contributed by atoms with Crippen molar-refractivity contribution in [3.05, 3.63) is 88.0 Å². The number of anilines is 1. The van der Waals surface area contributed by atoms with Gasteiger partial charge < -0.3 is 0 Å². The van der Waals surface area contributed by atoms with Crippen LogP contribution >= 0.6 is 0 Å². The van der Waals surface area contributed by atoms with Crippen molar-refractivity contribution in [3.8, 4) is 0 Å². The summed E-state index contributed by atoms with van der Waals surface area (Å²) in [5.74, 6) is -0.467. The standard InChI is InChI=1S/C41H34N2O4.2C4H9.Sn/c1-7-24(8-2)42-38(44)30-13-9-26-28-11-15-32-37-33(16-12-29(35(28)37)27-10-14-31(39(42)45)36(30)34(26)27)41(47)43(40(32)46)25-18-22(20(3)4)17-23(19-25)21(5)6;2*1-3-4-2;/h9,11,13-21,24H,7-8H2,1-6H3;2*1,3-4H2,2H3;. The van der Waals surface area contributed by atoms with E-state index in [1.807, 2.05) is 24.3 Å². The molecular weight excluding hydrogens is 799 g/mol. The molecule has 7 heteroatoms. The van der Waals surface area contributed by atoms with Gasteiger partial charge in [-0.15, -0.1) is 0 Å². The number of benzene rings is 6. The Kier molecular flexibility index (Phi) is 8.92. The van der Waals surface area contributed by atoms with Gasteiger partial charge in [-0.1, -0.05) is 0 Å². The summed E-state index contributed by atoms with van der Waals surface area (Å²) in [7, 11) is 0. The summed E-state index contributed by atoms with van der Waals surface area (Å²) in [6.07, 6.45) is 5.68. The number of unbranched alkanes of at least 4 members (excludes halogenated alkanes) is 2. The summed E-state index contributed by atoms with van der Waals surface area (Å²) in [6.45, 7) is 17.2. The first-order valence-corrected chi connectivity index (χ1v) is 28.0. The van der Waals surface area contributed by atoms with Gasteiger partial charge in [0.15, 0.2) is 0 Å². The predicted octanol–water partition coefficient (Wildman–Crippen LogP) is 11.0. The summed E-state index contributed by atoms with van der Waals surface area (Å²) < 4.78 is 4.85. The van der Waals surface area contributed by atoms with Crippen molar-refractivity contribution in [1.29, 1.82) is 0 Å². The molecule has 286 valence electrons. The molecule has 0 fully saturated rings. The molecule has 3 aliphatic heterocycles. The van der Waals surface area contributed by atoms with E-state index in [0.29, 0.717) is 40.8 Å². The van der Waals surface area contributed by atoms with Crippen molar-refractivity contribution in [2.24, 2.45) is 0 Å². The minimum absolute atomic E-state index is 0.169. The van der Waals surface area contributed by atoms with Crippen LogP contribution in [0.2, 0.25) is 8.87 Å². The molecule has 0 aromatic heterocycles. The van der Waals surface area contributed by atoms with E-state index in [-0.39, 0.29) is 41.5 Å². The van der Waals surface area contributed by atoms with E-state index in [1.165, 1.54) is 22.8 Å². The van der Waals surface area contributed by atoms with Gasteiger partial charge in [-0.05, 0) is 0 Å². The van der Waals surface area contributed by atoms with Crippen LogP contribution in [0.4, 0.5) is 5.69 Å². The van der Waals surface area contributed by atoms with Crippen molar-refractivity contribution in [1.82, 2.24) is 4.90 Å². The fourth-order valence-electron chi connectivity index (χ4n) is 10.7. The molecule has 0 saturated heterocycles. The number of rotatable bonds is 12. The summed E-state index contributed by atoms with van der Waals surface area (Å²) in [5, 5.41) is 7.88. The van der Waals surface area contributed by atoms with Crippen LogP contribution in [0.1, 0.15) is 158 Å².